The molecule has 3 rings (SSSR count). The third-order valence-corrected chi connectivity index (χ3v) is 3.91. The van der Waals surface area contributed by atoms with Crippen LogP contribution in [0, 0.1) is 0 Å². The van der Waals surface area contributed by atoms with Gasteiger partial charge >= 0.3 is 0 Å². The van der Waals surface area contributed by atoms with Crippen molar-refractivity contribution in [1.29, 1.82) is 0 Å². The van der Waals surface area contributed by atoms with Gasteiger partial charge in [-0.05, 0) is 5.56 Å². The van der Waals surface area contributed by atoms with Crippen molar-refractivity contribution in [1.82, 2.24) is 15.1 Å². The molecule has 2 heterocycles. The molecule has 0 aliphatic carbocycles. The molecule has 2 fully saturated rings. The number of hydrogen-bond donors (Lipinski definition) is 1. The topological polar surface area (TPSA) is 69.7 Å². The summed E-state index contributed by atoms with van der Waals surface area (Å²) in [6.45, 7) is 1.36. The molecular weight excluding hydrogens is 270 g/mol. The summed E-state index contributed by atoms with van der Waals surface area (Å²) in [7, 11) is 0. The minimum atomic E-state index is -0.653. The highest BCUT2D eigenvalue weighted by Gasteiger charge is 2.39. The largest absolute Gasteiger partial charge is 0.353 e. The van der Waals surface area contributed by atoms with Crippen LogP contribution in [-0.2, 0) is 20.9 Å². The molecule has 21 heavy (non-hydrogen) atoms. The number of hydrogen-bond acceptors (Lipinski definition) is 3. The van der Waals surface area contributed by atoms with Crippen LogP contribution in [0.15, 0.2) is 30.3 Å². The first-order chi connectivity index (χ1) is 10.1. The molecule has 6 heteroatoms. The zero-order valence-corrected chi connectivity index (χ0v) is 11.6. The Morgan fingerprint density at radius 3 is 2.62 bits per heavy atom. The molecule has 6 nitrogen and oxygen atoms in total. The molecule has 0 aromatic heterocycles. The molecule has 1 atom stereocenters. The van der Waals surface area contributed by atoms with Crippen LogP contribution in [0.5, 0.6) is 0 Å². The van der Waals surface area contributed by atoms with E-state index in [1.807, 2.05) is 30.3 Å². The summed E-state index contributed by atoms with van der Waals surface area (Å²) < 4.78 is 0. The average Bonchev–Trinajstić information content (AvgIpc) is 2.60. The molecule has 0 spiro atoms. The number of nitrogens with one attached hydrogen (secondary N) is 1. The van der Waals surface area contributed by atoms with Crippen LogP contribution in [0.25, 0.3) is 0 Å². The molecular formula is C15H17N3O3. The van der Waals surface area contributed by atoms with Gasteiger partial charge in [0.05, 0.1) is 6.42 Å². The fourth-order valence-electron chi connectivity index (χ4n) is 2.80. The van der Waals surface area contributed by atoms with E-state index in [4.69, 9.17) is 0 Å². The number of amides is 3. The second kappa shape index (κ2) is 5.55. The third kappa shape index (κ3) is 2.74. The number of piperazine rings is 1. The molecule has 3 amide bonds. The lowest BCUT2D eigenvalue weighted by Crippen LogP contribution is -2.57. The molecule has 2 aliphatic rings. The van der Waals surface area contributed by atoms with Gasteiger partial charge in [0, 0.05) is 19.6 Å². The predicted molar refractivity (Wildman–Crippen MR) is 75.0 cm³/mol. The second-order valence-corrected chi connectivity index (χ2v) is 5.33. The maximum atomic E-state index is 12.3. The fourth-order valence-corrected chi connectivity index (χ4v) is 2.80. The number of carbonyl (C=O) groups excluding carboxylic acids is 3. The molecule has 1 N–H and O–H groups in total. The average molecular weight is 287 g/mol. The van der Waals surface area contributed by atoms with Crippen molar-refractivity contribution in [3.63, 3.8) is 0 Å². The molecule has 0 radical (unpaired) electrons. The fraction of sp³-hybridized carbons (Fsp3) is 0.400. The van der Waals surface area contributed by atoms with Crippen LogP contribution in [0.4, 0.5) is 0 Å². The van der Waals surface area contributed by atoms with E-state index >= 15 is 0 Å². The lowest BCUT2D eigenvalue weighted by Gasteiger charge is -2.32. The van der Waals surface area contributed by atoms with E-state index in [9.17, 15) is 14.4 Å². The molecule has 1 aromatic carbocycles. The lowest BCUT2D eigenvalue weighted by molar-refractivity contribution is -0.142. The Morgan fingerprint density at radius 1 is 1.10 bits per heavy atom. The number of rotatable bonds is 2. The van der Waals surface area contributed by atoms with Gasteiger partial charge in [-0.15, -0.1) is 0 Å². The Morgan fingerprint density at radius 2 is 1.86 bits per heavy atom. The lowest BCUT2D eigenvalue weighted by atomic mass is 10.1. The van der Waals surface area contributed by atoms with Crippen molar-refractivity contribution < 1.29 is 14.4 Å². The summed E-state index contributed by atoms with van der Waals surface area (Å²) in [6, 6.07) is 8.89. The summed E-state index contributed by atoms with van der Waals surface area (Å²) in [5.41, 5.74) is 0.975. The second-order valence-electron chi connectivity index (χ2n) is 5.33. The van der Waals surface area contributed by atoms with Crippen LogP contribution < -0.4 is 5.32 Å². The Bertz CT molecular complexity index is 573. The van der Waals surface area contributed by atoms with E-state index in [-0.39, 0.29) is 30.7 Å². The molecule has 110 valence electrons. The zero-order valence-electron chi connectivity index (χ0n) is 11.6. The molecule has 1 aromatic rings. The van der Waals surface area contributed by atoms with Crippen LogP contribution in [0.2, 0.25) is 0 Å². The van der Waals surface area contributed by atoms with Gasteiger partial charge in [0.15, 0.2) is 0 Å². The van der Waals surface area contributed by atoms with Gasteiger partial charge in [-0.3, -0.25) is 14.4 Å². The van der Waals surface area contributed by atoms with Crippen molar-refractivity contribution in [2.75, 3.05) is 19.6 Å². The monoisotopic (exact) mass is 287 g/mol. The normalized spacial score (nSPS) is 22.7. The maximum Gasteiger partial charge on any atom is 0.243 e. The standard InChI is InChI=1S/C15H17N3O3/c19-13-8-12-15(21)16-6-7-18(12)14(20)10-17(13)9-11-4-2-1-3-5-11/h1-5,12H,6-10H2,(H,16,21). The van der Waals surface area contributed by atoms with Crippen LogP contribution in [0.1, 0.15) is 12.0 Å². The SMILES string of the molecule is O=C1NCCN2C(=O)CN(Cc3ccccc3)C(=O)CC12. The smallest absolute Gasteiger partial charge is 0.243 e. The third-order valence-electron chi connectivity index (χ3n) is 3.91. The number of nitrogens with zero attached hydrogens (tertiary/aromatic N) is 2. The first kappa shape index (κ1) is 13.6. The van der Waals surface area contributed by atoms with Crippen molar-refractivity contribution >= 4 is 17.7 Å². The first-order valence-electron chi connectivity index (χ1n) is 7.04. The van der Waals surface area contributed by atoms with Gasteiger partial charge in [0.25, 0.3) is 0 Å². The van der Waals surface area contributed by atoms with Crippen molar-refractivity contribution in [2.24, 2.45) is 0 Å². The Hall–Kier alpha value is -2.37. The molecule has 1 unspecified atom stereocenters. The van der Waals surface area contributed by atoms with Crippen LogP contribution in [-0.4, -0.2) is 53.2 Å². The van der Waals surface area contributed by atoms with E-state index in [1.54, 1.807) is 0 Å². The van der Waals surface area contributed by atoms with Gasteiger partial charge in [0.1, 0.15) is 12.6 Å². The molecule has 2 aliphatic heterocycles. The quantitative estimate of drug-likeness (QED) is 0.815. The number of fused-ring (bicyclic) bond motifs is 1. The highest BCUT2D eigenvalue weighted by Crippen LogP contribution is 2.17. The minimum Gasteiger partial charge on any atom is -0.353 e. The highest BCUT2D eigenvalue weighted by atomic mass is 16.2. The summed E-state index contributed by atoms with van der Waals surface area (Å²) in [5, 5.41) is 2.71. The summed E-state index contributed by atoms with van der Waals surface area (Å²) >= 11 is 0. The van der Waals surface area contributed by atoms with Gasteiger partial charge in [-0.1, -0.05) is 30.3 Å². The minimum absolute atomic E-state index is 0.0392. The number of carbonyl (C=O) groups is 3. The van der Waals surface area contributed by atoms with E-state index in [1.165, 1.54) is 9.80 Å². The molecule has 0 saturated carbocycles. The number of benzene rings is 1. The molecule has 2 saturated heterocycles. The van der Waals surface area contributed by atoms with E-state index in [0.717, 1.165) is 5.56 Å². The molecule has 0 bridgehead atoms. The summed E-state index contributed by atoms with van der Waals surface area (Å²) in [5.74, 6) is -0.544. The van der Waals surface area contributed by atoms with Crippen molar-refractivity contribution in [2.45, 2.75) is 19.0 Å². The van der Waals surface area contributed by atoms with Crippen molar-refractivity contribution in [3.8, 4) is 0 Å². The van der Waals surface area contributed by atoms with Crippen molar-refractivity contribution in [3.05, 3.63) is 35.9 Å². The zero-order chi connectivity index (χ0) is 14.8. The van der Waals surface area contributed by atoms with E-state index in [0.29, 0.717) is 19.6 Å². The van der Waals surface area contributed by atoms with Gasteiger partial charge in [-0.25, -0.2) is 0 Å². The van der Waals surface area contributed by atoms with E-state index < -0.39 is 6.04 Å². The first-order valence-corrected chi connectivity index (χ1v) is 7.04. The van der Waals surface area contributed by atoms with Gasteiger partial charge in [-0.2, -0.15) is 0 Å². The Labute approximate surface area is 122 Å². The maximum absolute atomic E-state index is 12.3. The van der Waals surface area contributed by atoms with Gasteiger partial charge in [0.2, 0.25) is 17.7 Å². The summed E-state index contributed by atoms with van der Waals surface area (Å²) in [4.78, 5) is 39.5. The predicted octanol–water partition coefficient (Wildman–Crippen LogP) is -0.254. The summed E-state index contributed by atoms with van der Waals surface area (Å²) in [6.07, 6.45) is 0.0599. The Kier molecular flexibility index (Phi) is 3.60. The van der Waals surface area contributed by atoms with Crippen LogP contribution in [0.3, 0.4) is 0 Å². The van der Waals surface area contributed by atoms with Crippen LogP contribution >= 0.6 is 0 Å². The highest BCUT2D eigenvalue weighted by molar-refractivity contribution is 5.96. The van der Waals surface area contributed by atoms with Gasteiger partial charge < -0.3 is 15.1 Å². The van der Waals surface area contributed by atoms with E-state index in [2.05, 4.69) is 5.32 Å². The Balaban J connectivity index is 1.79.